The third kappa shape index (κ3) is 6.13. The Morgan fingerprint density at radius 1 is 1.07 bits per heavy atom. The number of carbonyl (C=O) groups is 3. The first-order chi connectivity index (χ1) is 12.9. The molecule has 8 heteroatoms. The van der Waals surface area contributed by atoms with E-state index >= 15 is 0 Å². The largest absolute Gasteiger partial charge is 0.497 e. The van der Waals surface area contributed by atoms with Gasteiger partial charge in [0.1, 0.15) is 5.75 Å². The fourth-order valence-electron chi connectivity index (χ4n) is 1.97. The zero-order valence-corrected chi connectivity index (χ0v) is 15.7. The number of carbonyl (C=O) groups excluding carboxylic acids is 3. The molecular formula is C19H15Cl2NO5. The van der Waals surface area contributed by atoms with Gasteiger partial charge in [-0.05, 0) is 42.0 Å². The lowest BCUT2D eigenvalue weighted by Crippen LogP contribution is -2.34. The summed E-state index contributed by atoms with van der Waals surface area (Å²) in [5, 5.41) is 2.77. The Balaban J connectivity index is 1.83. The van der Waals surface area contributed by atoms with Crippen LogP contribution >= 0.6 is 23.2 Å². The van der Waals surface area contributed by atoms with Crippen LogP contribution in [0.25, 0.3) is 6.08 Å². The van der Waals surface area contributed by atoms with Gasteiger partial charge in [-0.1, -0.05) is 35.3 Å². The van der Waals surface area contributed by atoms with Crippen molar-refractivity contribution in [3.05, 3.63) is 69.7 Å². The van der Waals surface area contributed by atoms with Crippen molar-refractivity contribution in [2.24, 2.45) is 0 Å². The lowest BCUT2D eigenvalue weighted by atomic mass is 10.2. The molecule has 0 saturated heterocycles. The highest BCUT2D eigenvalue weighted by molar-refractivity contribution is 6.42. The first-order valence-electron chi connectivity index (χ1n) is 7.68. The molecule has 0 aliphatic heterocycles. The van der Waals surface area contributed by atoms with Gasteiger partial charge < -0.3 is 9.47 Å². The van der Waals surface area contributed by atoms with E-state index in [4.69, 9.17) is 32.7 Å². The molecule has 0 heterocycles. The van der Waals surface area contributed by atoms with Gasteiger partial charge in [0.05, 0.1) is 17.2 Å². The number of halogens is 2. The fraction of sp³-hybridized carbons (Fsp3) is 0.105. The lowest BCUT2D eigenvalue weighted by molar-refractivity contribution is -0.143. The number of esters is 1. The molecule has 2 aromatic carbocycles. The number of ether oxygens (including phenoxy) is 2. The van der Waals surface area contributed by atoms with Crippen molar-refractivity contribution >= 4 is 47.1 Å². The topological polar surface area (TPSA) is 81.7 Å². The Hall–Kier alpha value is -2.83. The molecule has 0 bridgehead atoms. The summed E-state index contributed by atoms with van der Waals surface area (Å²) in [6.07, 6.45) is 2.52. The molecule has 0 fully saturated rings. The molecule has 6 nitrogen and oxygen atoms in total. The van der Waals surface area contributed by atoms with E-state index in [-0.39, 0.29) is 5.56 Å². The van der Waals surface area contributed by atoms with Gasteiger partial charge in [0.2, 0.25) is 0 Å². The molecule has 2 aromatic rings. The average molecular weight is 408 g/mol. The van der Waals surface area contributed by atoms with Gasteiger partial charge in [0, 0.05) is 11.6 Å². The second-order valence-electron chi connectivity index (χ2n) is 5.19. The monoisotopic (exact) mass is 407 g/mol. The predicted molar refractivity (Wildman–Crippen MR) is 102 cm³/mol. The zero-order valence-electron chi connectivity index (χ0n) is 14.2. The van der Waals surface area contributed by atoms with Gasteiger partial charge in [-0.2, -0.15) is 0 Å². The van der Waals surface area contributed by atoms with Crippen LogP contribution < -0.4 is 10.1 Å². The molecular weight excluding hydrogens is 393 g/mol. The summed E-state index contributed by atoms with van der Waals surface area (Å²) in [5.41, 5.74) is 0.797. The summed E-state index contributed by atoms with van der Waals surface area (Å²) in [6, 6.07) is 11.1. The van der Waals surface area contributed by atoms with Gasteiger partial charge in [-0.25, -0.2) is 4.79 Å². The van der Waals surface area contributed by atoms with Gasteiger partial charge in [0.15, 0.2) is 6.61 Å². The quantitative estimate of drug-likeness (QED) is 0.585. The van der Waals surface area contributed by atoms with Crippen molar-refractivity contribution in [3.63, 3.8) is 0 Å². The second-order valence-corrected chi connectivity index (χ2v) is 5.98. The molecule has 0 spiro atoms. The summed E-state index contributed by atoms with van der Waals surface area (Å²) in [4.78, 5) is 35.3. The highest BCUT2D eigenvalue weighted by Gasteiger charge is 2.12. The van der Waals surface area contributed by atoms with E-state index in [1.54, 1.807) is 30.3 Å². The van der Waals surface area contributed by atoms with Crippen LogP contribution in [-0.4, -0.2) is 31.5 Å². The first kappa shape index (κ1) is 20.5. The SMILES string of the molecule is COc1ccc(C(=O)NC(=O)COC(=O)/C=C/c2cccc(Cl)c2Cl)cc1. The van der Waals surface area contributed by atoms with Gasteiger partial charge in [0.25, 0.3) is 11.8 Å². The summed E-state index contributed by atoms with van der Waals surface area (Å²) in [6.45, 7) is -0.603. The van der Waals surface area contributed by atoms with Crippen LogP contribution in [0.3, 0.4) is 0 Å². The van der Waals surface area contributed by atoms with Crippen molar-refractivity contribution in [1.82, 2.24) is 5.32 Å². The second kappa shape index (κ2) is 9.75. The van der Waals surface area contributed by atoms with Crippen LogP contribution in [0, 0.1) is 0 Å². The van der Waals surface area contributed by atoms with Crippen molar-refractivity contribution in [3.8, 4) is 5.75 Å². The summed E-state index contributed by atoms with van der Waals surface area (Å²) in [7, 11) is 1.50. The summed E-state index contributed by atoms with van der Waals surface area (Å²) in [5.74, 6) is -1.55. The average Bonchev–Trinajstić information content (AvgIpc) is 2.67. The van der Waals surface area contributed by atoms with Gasteiger partial charge >= 0.3 is 5.97 Å². The van der Waals surface area contributed by atoms with Crippen LogP contribution in [-0.2, 0) is 14.3 Å². The van der Waals surface area contributed by atoms with Crippen LogP contribution in [0.2, 0.25) is 10.0 Å². The number of methoxy groups -OCH3 is 1. The number of nitrogens with one attached hydrogen (secondary N) is 1. The lowest BCUT2D eigenvalue weighted by Gasteiger charge is -2.05. The molecule has 0 aliphatic carbocycles. The molecule has 0 unspecified atom stereocenters. The van der Waals surface area contributed by atoms with Crippen LogP contribution in [0.4, 0.5) is 0 Å². The first-order valence-corrected chi connectivity index (χ1v) is 8.43. The number of hydrogen-bond acceptors (Lipinski definition) is 5. The van der Waals surface area contributed by atoms with Crippen LogP contribution in [0.1, 0.15) is 15.9 Å². The number of hydrogen-bond donors (Lipinski definition) is 1. The van der Waals surface area contributed by atoms with E-state index in [1.807, 2.05) is 0 Å². The Bertz CT molecular complexity index is 878. The molecule has 0 atom stereocenters. The molecule has 2 amide bonds. The van der Waals surface area contributed by atoms with Crippen molar-refractivity contribution in [2.45, 2.75) is 0 Å². The Kier molecular flexibility index (Phi) is 7.40. The third-order valence-electron chi connectivity index (χ3n) is 3.33. The maximum Gasteiger partial charge on any atom is 0.331 e. The summed E-state index contributed by atoms with van der Waals surface area (Å²) < 4.78 is 9.77. The molecule has 2 rings (SSSR count). The van der Waals surface area contributed by atoms with Crippen molar-refractivity contribution in [1.29, 1.82) is 0 Å². The van der Waals surface area contributed by atoms with E-state index < -0.39 is 24.4 Å². The van der Waals surface area contributed by atoms with E-state index in [0.717, 1.165) is 6.08 Å². The summed E-state index contributed by atoms with van der Waals surface area (Å²) >= 11 is 11.9. The minimum atomic E-state index is -0.766. The number of amides is 2. The minimum absolute atomic E-state index is 0.269. The fourth-order valence-corrected chi connectivity index (χ4v) is 2.34. The maximum atomic E-state index is 11.9. The smallest absolute Gasteiger partial charge is 0.331 e. The Morgan fingerprint density at radius 2 is 1.78 bits per heavy atom. The molecule has 27 heavy (non-hydrogen) atoms. The predicted octanol–water partition coefficient (Wildman–Crippen LogP) is 3.52. The van der Waals surface area contributed by atoms with Crippen LogP contribution in [0.15, 0.2) is 48.5 Å². The van der Waals surface area contributed by atoms with Crippen molar-refractivity contribution < 1.29 is 23.9 Å². The standard InChI is InChI=1S/C19H15Cl2NO5/c1-26-14-8-5-13(6-9-14)19(25)22-16(23)11-27-17(24)10-7-12-3-2-4-15(20)18(12)21/h2-10H,11H2,1H3,(H,22,23,25)/b10-7+. The maximum absolute atomic E-state index is 11.9. The number of rotatable bonds is 6. The normalized spacial score (nSPS) is 10.5. The van der Waals surface area contributed by atoms with Gasteiger partial charge in [-0.3, -0.25) is 14.9 Å². The van der Waals surface area contributed by atoms with E-state index in [0.29, 0.717) is 21.4 Å². The van der Waals surface area contributed by atoms with Gasteiger partial charge in [-0.15, -0.1) is 0 Å². The Morgan fingerprint density at radius 3 is 2.44 bits per heavy atom. The molecule has 0 radical (unpaired) electrons. The molecule has 0 aliphatic rings. The number of benzene rings is 2. The molecule has 1 N–H and O–H groups in total. The highest BCUT2D eigenvalue weighted by atomic mass is 35.5. The van der Waals surface area contributed by atoms with Crippen LogP contribution in [0.5, 0.6) is 5.75 Å². The van der Waals surface area contributed by atoms with E-state index in [9.17, 15) is 14.4 Å². The molecule has 140 valence electrons. The number of imide groups is 1. The van der Waals surface area contributed by atoms with E-state index in [1.165, 1.54) is 25.3 Å². The zero-order chi connectivity index (χ0) is 19.8. The van der Waals surface area contributed by atoms with E-state index in [2.05, 4.69) is 5.32 Å². The third-order valence-corrected chi connectivity index (χ3v) is 4.16. The molecule has 0 saturated carbocycles. The molecule has 0 aromatic heterocycles. The minimum Gasteiger partial charge on any atom is -0.497 e. The Labute approximate surface area is 165 Å². The van der Waals surface area contributed by atoms with Crippen molar-refractivity contribution in [2.75, 3.05) is 13.7 Å². The highest BCUT2D eigenvalue weighted by Crippen LogP contribution is 2.26.